The van der Waals surface area contributed by atoms with Crippen LogP contribution in [0, 0.1) is 0 Å². The highest BCUT2D eigenvalue weighted by atomic mass is 32.2. The highest BCUT2D eigenvalue weighted by Gasteiger charge is 2.36. The number of nitrogens with one attached hydrogen (secondary N) is 3. The van der Waals surface area contributed by atoms with Crippen LogP contribution in [-0.2, 0) is 33.0 Å². The molecule has 0 radical (unpaired) electrons. The van der Waals surface area contributed by atoms with Crippen LogP contribution in [0.15, 0.2) is 12.5 Å². The van der Waals surface area contributed by atoms with E-state index in [1.54, 1.807) is 27.5 Å². The summed E-state index contributed by atoms with van der Waals surface area (Å²) < 4.78 is 52.1. The van der Waals surface area contributed by atoms with Gasteiger partial charge in [-0.25, -0.2) is 22.6 Å². The number of halogens is 1. The molecule has 1 aliphatic heterocycles. The number of nitrogens with zero attached hydrogens (tertiary/aromatic N) is 7. The third kappa shape index (κ3) is 10.6. The van der Waals surface area contributed by atoms with E-state index in [0.717, 1.165) is 38.4 Å². The summed E-state index contributed by atoms with van der Waals surface area (Å²) in [5.41, 5.74) is 1.08. The minimum Gasteiger partial charge on any atom is -0.478 e. The third-order valence-electron chi connectivity index (χ3n) is 7.53. The number of imidazole rings is 1. The second kappa shape index (κ2) is 15.8. The van der Waals surface area contributed by atoms with Crippen molar-refractivity contribution in [3.63, 3.8) is 0 Å². The summed E-state index contributed by atoms with van der Waals surface area (Å²) in [4.78, 5) is 39.4. The van der Waals surface area contributed by atoms with Crippen molar-refractivity contribution in [2.75, 3.05) is 49.0 Å². The van der Waals surface area contributed by atoms with Crippen LogP contribution < -0.4 is 25.6 Å². The average molecular weight is 695 g/mol. The molecule has 1 saturated heterocycles. The largest absolute Gasteiger partial charge is 0.478 e. The molecule has 2 amide bonds. The van der Waals surface area contributed by atoms with Gasteiger partial charge in [0.05, 0.1) is 38.0 Å². The number of aryl methyl sites for hydroxylation is 2. The van der Waals surface area contributed by atoms with Crippen LogP contribution >= 0.6 is 0 Å². The second-order valence-corrected chi connectivity index (χ2v) is 15.3. The Kier molecular flexibility index (Phi) is 12.0. The van der Waals surface area contributed by atoms with Gasteiger partial charge < -0.3 is 34.9 Å². The SMILES string of the molecule is COc1nn(CCCCCCCNC(=O)OC(C)(C)C)cc1Nc1nc(N2C[C@@H](F)[C@H](NC(=O)CCS(C)(=O)=O)C2)nc2c1ncn2C. The predicted molar refractivity (Wildman–Crippen MR) is 179 cm³/mol. The predicted octanol–water partition coefficient (Wildman–Crippen LogP) is 2.86. The molecular formula is C30H47FN10O6S. The van der Waals surface area contributed by atoms with Crippen LogP contribution in [0.2, 0.25) is 0 Å². The molecule has 3 aromatic heterocycles. The molecule has 0 aromatic carbocycles. The lowest BCUT2D eigenvalue weighted by Gasteiger charge is -2.19. The molecule has 4 rings (SSSR count). The number of carbonyl (C=O) groups is 2. The summed E-state index contributed by atoms with van der Waals surface area (Å²) in [5, 5.41) is 13.2. The van der Waals surface area contributed by atoms with Crippen LogP contribution in [0.25, 0.3) is 11.2 Å². The van der Waals surface area contributed by atoms with Gasteiger partial charge in [0, 0.05) is 39.4 Å². The maximum absolute atomic E-state index is 15.0. The number of fused-ring (bicyclic) bond motifs is 1. The number of ether oxygens (including phenoxy) is 2. The Hall–Kier alpha value is -4.22. The number of amides is 2. The van der Waals surface area contributed by atoms with Gasteiger partial charge >= 0.3 is 6.09 Å². The number of methoxy groups -OCH3 is 1. The molecule has 16 nitrogen and oxygen atoms in total. The molecule has 18 heteroatoms. The quantitative estimate of drug-likeness (QED) is 0.186. The van der Waals surface area contributed by atoms with Crippen LogP contribution in [0.3, 0.4) is 0 Å². The summed E-state index contributed by atoms with van der Waals surface area (Å²) in [5.74, 6) is 0.158. The van der Waals surface area contributed by atoms with Gasteiger partial charge in [-0.15, -0.1) is 5.10 Å². The number of aromatic nitrogens is 6. The zero-order chi connectivity index (χ0) is 35.1. The molecule has 0 unspecified atom stereocenters. The number of unbranched alkanes of at least 4 members (excludes halogenated alkanes) is 4. The van der Waals surface area contributed by atoms with Crippen LogP contribution in [0.5, 0.6) is 5.88 Å². The van der Waals surface area contributed by atoms with Gasteiger partial charge in [-0.3, -0.25) is 9.48 Å². The number of hydrogen-bond donors (Lipinski definition) is 3. The first-order chi connectivity index (χ1) is 22.6. The Morgan fingerprint density at radius 1 is 1.10 bits per heavy atom. The number of hydrogen-bond acceptors (Lipinski definition) is 12. The second-order valence-electron chi connectivity index (χ2n) is 13.0. The first-order valence-corrected chi connectivity index (χ1v) is 18.1. The molecule has 1 fully saturated rings. The minimum atomic E-state index is -3.32. The molecule has 1 aliphatic rings. The lowest BCUT2D eigenvalue weighted by molar-refractivity contribution is -0.121. The van der Waals surface area contributed by atoms with Crippen molar-refractivity contribution in [1.82, 2.24) is 39.9 Å². The van der Waals surface area contributed by atoms with E-state index in [2.05, 4.69) is 36.0 Å². The number of anilines is 3. The lowest BCUT2D eigenvalue weighted by atomic mass is 10.1. The number of carbonyl (C=O) groups excluding carboxylic acids is 2. The van der Waals surface area contributed by atoms with E-state index in [4.69, 9.17) is 9.47 Å². The molecule has 0 bridgehead atoms. The highest BCUT2D eigenvalue weighted by Crippen LogP contribution is 2.31. The summed E-state index contributed by atoms with van der Waals surface area (Å²) >= 11 is 0. The van der Waals surface area contributed by atoms with Crippen molar-refractivity contribution in [1.29, 1.82) is 0 Å². The van der Waals surface area contributed by atoms with Crippen molar-refractivity contribution in [3.05, 3.63) is 12.5 Å². The van der Waals surface area contributed by atoms with Crippen molar-refractivity contribution in [3.8, 4) is 5.88 Å². The highest BCUT2D eigenvalue weighted by molar-refractivity contribution is 7.90. The van der Waals surface area contributed by atoms with Gasteiger partial charge in [0.15, 0.2) is 17.0 Å². The fraction of sp³-hybridized carbons (Fsp3) is 0.667. The van der Waals surface area contributed by atoms with Gasteiger partial charge in [-0.2, -0.15) is 9.97 Å². The van der Waals surface area contributed by atoms with Crippen LogP contribution in [0.4, 0.5) is 26.6 Å². The molecule has 48 heavy (non-hydrogen) atoms. The normalized spacial score (nSPS) is 16.7. The van der Waals surface area contributed by atoms with E-state index in [1.807, 2.05) is 27.0 Å². The summed E-state index contributed by atoms with van der Waals surface area (Å²) in [7, 11) is -0.000157. The summed E-state index contributed by atoms with van der Waals surface area (Å²) in [6.45, 7) is 6.80. The number of alkyl halides is 1. The summed E-state index contributed by atoms with van der Waals surface area (Å²) in [6, 6.07) is -0.841. The monoisotopic (exact) mass is 694 g/mol. The third-order valence-corrected chi connectivity index (χ3v) is 8.48. The van der Waals surface area contributed by atoms with Crippen molar-refractivity contribution < 1.29 is 31.9 Å². The Labute approximate surface area is 280 Å². The molecule has 0 aliphatic carbocycles. The molecule has 266 valence electrons. The molecule has 0 saturated carbocycles. The molecular weight excluding hydrogens is 647 g/mol. The Morgan fingerprint density at radius 2 is 1.83 bits per heavy atom. The summed E-state index contributed by atoms with van der Waals surface area (Å²) in [6.07, 6.45) is 7.21. The lowest BCUT2D eigenvalue weighted by Crippen LogP contribution is -2.42. The Bertz CT molecular complexity index is 1670. The standard InChI is InChI=1S/C30H47FN10O6S/c1-30(2,3)47-29(43)32-13-10-8-7-9-11-14-41-18-22(27(38-41)46-5)35-25-24-26(39(4)19-33-24)37-28(36-25)40-16-20(31)21(17-40)34-23(42)12-15-48(6,44)45/h18-21H,7-17H2,1-6H3,(H,32,43)(H,34,42)(H,35,36,37)/t20-,21-/m1/s1. The van der Waals surface area contributed by atoms with Gasteiger partial charge in [-0.05, 0) is 33.6 Å². The smallest absolute Gasteiger partial charge is 0.407 e. The van der Waals surface area contributed by atoms with E-state index < -0.39 is 39.7 Å². The fourth-order valence-electron chi connectivity index (χ4n) is 5.16. The Balaban J connectivity index is 1.34. The molecule has 0 spiro atoms. The zero-order valence-corrected chi connectivity index (χ0v) is 29.3. The molecule has 4 heterocycles. The van der Waals surface area contributed by atoms with E-state index in [1.165, 1.54) is 7.11 Å². The van der Waals surface area contributed by atoms with E-state index in [0.29, 0.717) is 41.6 Å². The molecule has 2 atom stereocenters. The van der Waals surface area contributed by atoms with E-state index in [-0.39, 0.29) is 31.2 Å². The maximum atomic E-state index is 15.0. The zero-order valence-electron chi connectivity index (χ0n) is 28.5. The van der Waals surface area contributed by atoms with Crippen LogP contribution in [-0.4, -0.2) is 106 Å². The minimum absolute atomic E-state index is 0.0542. The van der Waals surface area contributed by atoms with Gasteiger partial charge in [0.2, 0.25) is 11.9 Å². The number of sulfone groups is 1. The van der Waals surface area contributed by atoms with Crippen molar-refractivity contribution >= 4 is 50.5 Å². The average Bonchev–Trinajstić information content (AvgIpc) is 3.68. The van der Waals surface area contributed by atoms with Gasteiger partial charge in [0.1, 0.15) is 27.3 Å². The van der Waals surface area contributed by atoms with E-state index >= 15 is 4.39 Å². The topological polar surface area (TPSA) is 187 Å². The fourth-order valence-corrected chi connectivity index (χ4v) is 5.72. The van der Waals surface area contributed by atoms with Gasteiger partial charge in [-0.1, -0.05) is 19.3 Å². The van der Waals surface area contributed by atoms with Crippen molar-refractivity contribution in [2.45, 2.75) is 83.7 Å². The Morgan fingerprint density at radius 3 is 2.54 bits per heavy atom. The first kappa shape index (κ1) is 36.6. The number of alkyl carbamates (subject to hydrolysis) is 1. The maximum Gasteiger partial charge on any atom is 0.407 e. The molecule has 3 N–H and O–H groups in total. The molecule has 3 aromatic rings. The van der Waals surface area contributed by atoms with E-state index in [9.17, 15) is 18.0 Å². The van der Waals surface area contributed by atoms with Crippen LogP contribution in [0.1, 0.15) is 59.3 Å². The first-order valence-electron chi connectivity index (χ1n) is 16.0. The van der Waals surface area contributed by atoms with Gasteiger partial charge in [0.25, 0.3) is 5.88 Å². The number of rotatable bonds is 16. The van der Waals surface area contributed by atoms with Crippen molar-refractivity contribution in [2.24, 2.45) is 7.05 Å².